The van der Waals surface area contributed by atoms with Crippen molar-refractivity contribution in [2.75, 3.05) is 20.2 Å². The highest BCUT2D eigenvalue weighted by atomic mass is 32.2. The second-order valence-electron chi connectivity index (χ2n) is 10.9. The summed E-state index contributed by atoms with van der Waals surface area (Å²) in [4.78, 5) is 14.5. The van der Waals surface area contributed by atoms with Gasteiger partial charge in [0.15, 0.2) is 17.5 Å². The van der Waals surface area contributed by atoms with Crippen molar-refractivity contribution in [2.45, 2.75) is 79.4 Å². The first-order valence-electron chi connectivity index (χ1n) is 12.7. The normalized spacial score (nSPS) is 27.2. The Morgan fingerprint density at radius 1 is 1.25 bits per heavy atom. The number of aromatic nitrogens is 3. The van der Waals surface area contributed by atoms with Gasteiger partial charge < -0.3 is 30.1 Å². The van der Waals surface area contributed by atoms with Crippen LogP contribution in [0.3, 0.4) is 0 Å². The minimum Gasteiger partial charge on any atom is -0.394 e. The fourth-order valence-electron chi connectivity index (χ4n) is 4.94. The summed E-state index contributed by atoms with van der Waals surface area (Å²) in [5, 5.41) is 49.7. The van der Waals surface area contributed by atoms with Crippen molar-refractivity contribution in [1.82, 2.24) is 19.9 Å². The van der Waals surface area contributed by atoms with E-state index in [0.29, 0.717) is 31.4 Å². The summed E-state index contributed by atoms with van der Waals surface area (Å²) in [5.41, 5.74) is -4.68. The summed E-state index contributed by atoms with van der Waals surface area (Å²) in [6, 6.07) is 0.113. The molecule has 2 aromatic rings. The number of halogens is 4. The van der Waals surface area contributed by atoms with Crippen LogP contribution in [0.1, 0.15) is 39.2 Å². The van der Waals surface area contributed by atoms with E-state index in [2.05, 4.69) is 10.3 Å². The molecule has 0 spiro atoms. The van der Waals surface area contributed by atoms with Crippen molar-refractivity contribution in [1.29, 1.82) is 0 Å². The molecule has 1 aromatic carbocycles. The van der Waals surface area contributed by atoms with Crippen LogP contribution in [0.15, 0.2) is 18.3 Å². The number of carbonyl (C=O) groups is 1. The summed E-state index contributed by atoms with van der Waals surface area (Å²) < 4.78 is 61.9. The van der Waals surface area contributed by atoms with Gasteiger partial charge in [-0.2, -0.15) is 0 Å². The molecule has 1 aliphatic heterocycles. The van der Waals surface area contributed by atoms with E-state index in [-0.39, 0.29) is 17.8 Å². The van der Waals surface area contributed by atoms with Crippen LogP contribution in [-0.2, 0) is 9.53 Å². The lowest BCUT2D eigenvalue weighted by atomic mass is 9.77. The summed E-state index contributed by atoms with van der Waals surface area (Å²) in [6.45, 7) is 1.68. The van der Waals surface area contributed by atoms with Crippen LogP contribution >= 0.6 is 11.8 Å². The molecule has 0 radical (unpaired) electrons. The van der Waals surface area contributed by atoms with Gasteiger partial charge >= 0.3 is 0 Å². The van der Waals surface area contributed by atoms with Gasteiger partial charge in [-0.1, -0.05) is 5.21 Å². The molecule has 0 unspecified atom stereocenters. The average molecular weight is 593 g/mol. The van der Waals surface area contributed by atoms with E-state index >= 15 is 0 Å². The number of amides is 1. The molecule has 40 heavy (non-hydrogen) atoms. The van der Waals surface area contributed by atoms with Crippen molar-refractivity contribution in [2.24, 2.45) is 0 Å². The fraction of sp³-hybridized carbons (Fsp3) is 0.640. The molecule has 1 saturated heterocycles. The molecular formula is C25H32F4N4O6S. The Hall–Kier alpha value is -2.30. The number of hydrogen-bond donors (Lipinski definition) is 4. The predicted molar refractivity (Wildman–Crippen MR) is 135 cm³/mol. The Balaban J connectivity index is 1.62. The second kappa shape index (κ2) is 11.5. The number of aliphatic hydroxyl groups excluding tert-OH is 3. The minimum atomic E-state index is -1.71. The molecule has 1 aromatic heterocycles. The van der Waals surface area contributed by atoms with E-state index < -0.39 is 76.3 Å². The topological polar surface area (TPSA) is 141 Å². The molecule has 222 valence electrons. The van der Waals surface area contributed by atoms with Crippen LogP contribution in [0.5, 0.6) is 0 Å². The van der Waals surface area contributed by atoms with Gasteiger partial charge in [0, 0.05) is 12.6 Å². The highest BCUT2D eigenvalue weighted by Gasteiger charge is 2.53. The monoisotopic (exact) mass is 592 g/mol. The summed E-state index contributed by atoms with van der Waals surface area (Å²) >= 11 is 0.787. The van der Waals surface area contributed by atoms with Crippen LogP contribution in [0, 0.1) is 17.5 Å². The van der Waals surface area contributed by atoms with Gasteiger partial charge in [0.2, 0.25) is 5.91 Å². The Labute approximate surface area is 231 Å². The zero-order valence-electron chi connectivity index (χ0n) is 22.0. The number of hydrogen-bond acceptors (Lipinski definition) is 9. The standard InChI is InChI=1S/C25H32F4N4O6S/c1-24(2,29)11-32(3)22(37)21(25(38)5-4-6-25)40-23-20(36)18(19(35)16(10-34)39-23)33-9-15(30-31-33)12-7-13(26)17(28)14(27)8-12/h7-9,16,18-21,23,34-36,38H,4-6,10-11H2,1-3H3/t16-,18+,19+,20-,21+,23+/m1/s1. The summed E-state index contributed by atoms with van der Waals surface area (Å²) in [5.74, 6) is -5.13. The lowest BCUT2D eigenvalue weighted by Gasteiger charge is -2.47. The minimum absolute atomic E-state index is 0.0965. The number of alkyl halides is 1. The molecule has 2 heterocycles. The molecule has 15 heteroatoms. The zero-order chi connectivity index (χ0) is 29.6. The Bertz CT molecular complexity index is 1200. The number of rotatable bonds is 9. The van der Waals surface area contributed by atoms with E-state index in [1.54, 1.807) is 0 Å². The van der Waals surface area contributed by atoms with Crippen LogP contribution in [-0.4, -0.2) is 107 Å². The number of ether oxygens (including phenoxy) is 1. The molecule has 1 amide bonds. The van der Waals surface area contributed by atoms with E-state index in [0.717, 1.165) is 21.3 Å². The van der Waals surface area contributed by atoms with E-state index in [1.807, 2.05) is 0 Å². The SMILES string of the molecule is CN(CC(C)(C)F)C(=O)[C@H](S[C@@H]1O[C@H](CO)[C@H](O)[C@H](n2cc(-c3cc(F)c(F)c(F)c3)nn2)[C@H]1O)C1(O)CCC1. The molecule has 0 bridgehead atoms. The number of aliphatic hydroxyl groups is 4. The maximum absolute atomic E-state index is 14.3. The number of thioether (sulfide) groups is 1. The van der Waals surface area contributed by atoms with E-state index in [9.17, 15) is 42.8 Å². The predicted octanol–water partition coefficient (Wildman–Crippen LogP) is 1.57. The first-order valence-corrected chi connectivity index (χ1v) is 13.6. The van der Waals surface area contributed by atoms with Gasteiger partial charge in [0.05, 0.1) is 24.9 Å². The van der Waals surface area contributed by atoms with Gasteiger partial charge in [0.25, 0.3) is 0 Å². The van der Waals surface area contributed by atoms with Crippen LogP contribution in [0.4, 0.5) is 17.6 Å². The van der Waals surface area contributed by atoms with Crippen molar-refractivity contribution >= 4 is 17.7 Å². The Morgan fingerprint density at radius 2 is 1.88 bits per heavy atom. The van der Waals surface area contributed by atoms with Crippen molar-refractivity contribution in [3.63, 3.8) is 0 Å². The maximum Gasteiger partial charge on any atom is 0.238 e. The highest BCUT2D eigenvalue weighted by Crippen LogP contribution is 2.45. The van der Waals surface area contributed by atoms with Crippen LogP contribution < -0.4 is 0 Å². The lowest BCUT2D eigenvalue weighted by molar-refractivity contribution is -0.179. The van der Waals surface area contributed by atoms with E-state index in [4.69, 9.17) is 4.74 Å². The fourth-order valence-corrected chi connectivity index (χ4v) is 6.53. The lowest BCUT2D eigenvalue weighted by Crippen LogP contribution is -2.59. The molecule has 6 atom stereocenters. The number of benzene rings is 1. The zero-order valence-corrected chi connectivity index (χ0v) is 22.9. The maximum atomic E-state index is 14.3. The second-order valence-corrected chi connectivity index (χ2v) is 12.1. The first-order chi connectivity index (χ1) is 18.6. The van der Waals surface area contributed by atoms with Gasteiger partial charge in [-0.05, 0) is 45.2 Å². The number of carbonyl (C=O) groups excluding carboxylic acids is 1. The molecule has 1 aliphatic carbocycles. The van der Waals surface area contributed by atoms with Crippen LogP contribution in [0.25, 0.3) is 11.3 Å². The van der Waals surface area contributed by atoms with Crippen LogP contribution in [0.2, 0.25) is 0 Å². The third-order valence-corrected chi connectivity index (χ3v) is 8.71. The molecule has 4 N–H and O–H groups in total. The molecule has 10 nitrogen and oxygen atoms in total. The van der Waals surface area contributed by atoms with Crippen molar-refractivity contribution in [3.05, 3.63) is 35.8 Å². The van der Waals surface area contributed by atoms with Gasteiger partial charge in [-0.25, -0.2) is 22.2 Å². The molecular weight excluding hydrogens is 560 g/mol. The third kappa shape index (κ3) is 6.14. The Kier molecular flexibility index (Phi) is 8.83. The molecule has 1 saturated carbocycles. The molecule has 4 rings (SSSR count). The van der Waals surface area contributed by atoms with E-state index in [1.165, 1.54) is 27.1 Å². The first kappa shape index (κ1) is 30.7. The quantitative estimate of drug-likeness (QED) is 0.252. The average Bonchev–Trinajstić information content (AvgIpc) is 3.33. The van der Waals surface area contributed by atoms with Gasteiger partial charge in [0.1, 0.15) is 46.4 Å². The summed E-state index contributed by atoms with van der Waals surface area (Å²) in [6.07, 6.45) is -1.97. The third-order valence-electron chi connectivity index (χ3n) is 7.14. The molecule has 2 aliphatic rings. The van der Waals surface area contributed by atoms with Crippen molar-refractivity contribution < 1.29 is 47.5 Å². The largest absolute Gasteiger partial charge is 0.394 e. The number of nitrogens with zero attached hydrogens (tertiary/aromatic N) is 4. The summed E-state index contributed by atoms with van der Waals surface area (Å²) in [7, 11) is 1.40. The van der Waals surface area contributed by atoms with Crippen molar-refractivity contribution in [3.8, 4) is 11.3 Å². The highest BCUT2D eigenvalue weighted by molar-refractivity contribution is 8.01. The smallest absolute Gasteiger partial charge is 0.238 e. The Morgan fingerprint density at radius 3 is 2.40 bits per heavy atom. The van der Waals surface area contributed by atoms with Gasteiger partial charge in [-0.15, -0.1) is 16.9 Å². The molecule has 2 fully saturated rings. The van der Waals surface area contributed by atoms with Gasteiger partial charge in [-0.3, -0.25) is 4.79 Å².